The van der Waals surface area contributed by atoms with E-state index >= 15 is 0 Å². The van der Waals surface area contributed by atoms with Gasteiger partial charge in [0.05, 0.1) is 0 Å². The minimum absolute atomic E-state index is 0.201. The van der Waals surface area contributed by atoms with E-state index in [1.54, 1.807) is 42.5 Å². The molecule has 0 radical (unpaired) electrons. The highest BCUT2D eigenvalue weighted by Crippen LogP contribution is 2.20. The van der Waals surface area contributed by atoms with E-state index < -0.39 is 0 Å². The fourth-order valence-electron chi connectivity index (χ4n) is 1.77. The molecule has 3 N–H and O–H groups in total. The van der Waals surface area contributed by atoms with Crippen LogP contribution in [0.3, 0.4) is 0 Å². The number of nitrogens with two attached hydrogens (primary N) is 1. The van der Waals surface area contributed by atoms with Crippen molar-refractivity contribution in [2.75, 3.05) is 5.32 Å². The van der Waals surface area contributed by atoms with E-state index in [0.717, 1.165) is 11.1 Å². The van der Waals surface area contributed by atoms with Crippen LogP contribution in [0.4, 0.5) is 5.69 Å². The van der Waals surface area contributed by atoms with Crippen LogP contribution in [-0.4, -0.2) is 10.9 Å². The molecule has 0 saturated heterocycles. The lowest BCUT2D eigenvalue weighted by molar-refractivity contribution is 0.102. The largest absolute Gasteiger partial charge is 0.389 e. The van der Waals surface area contributed by atoms with Gasteiger partial charge in [-0.05, 0) is 48.9 Å². The summed E-state index contributed by atoms with van der Waals surface area (Å²) in [5.41, 5.74) is 8.27. The molecule has 0 spiro atoms. The molecule has 2 aromatic rings. The van der Waals surface area contributed by atoms with Gasteiger partial charge in [-0.1, -0.05) is 29.9 Å². The number of thiocarbonyl (C=S) groups is 1. The third kappa shape index (κ3) is 3.15. The van der Waals surface area contributed by atoms with Crippen LogP contribution in [0.5, 0.6) is 0 Å². The van der Waals surface area contributed by atoms with Crippen molar-refractivity contribution < 1.29 is 4.79 Å². The first kappa shape index (κ1) is 14.5. The van der Waals surface area contributed by atoms with Gasteiger partial charge in [0.15, 0.2) is 0 Å². The summed E-state index contributed by atoms with van der Waals surface area (Å²) in [6, 6.07) is 12.3. The van der Waals surface area contributed by atoms with Crippen molar-refractivity contribution in [1.82, 2.24) is 0 Å². The zero-order valence-corrected chi connectivity index (χ0v) is 12.4. The number of halogens is 1. The molecular weight excluding hydrogens is 292 g/mol. The third-order valence-corrected chi connectivity index (χ3v) is 3.58. The van der Waals surface area contributed by atoms with Crippen molar-refractivity contribution in [3.63, 3.8) is 0 Å². The van der Waals surface area contributed by atoms with Gasteiger partial charge in [-0.3, -0.25) is 4.79 Å². The van der Waals surface area contributed by atoms with E-state index in [1.807, 2.05) is 6.92 Å². The highest BCUT2D eigenvalue weighted by Gasteiger charge is 2.11. The van der Waals surface area contributed by atoms with Crippen LogP contribution in [0.15, 0.2) is 42.5 Å². The molecule has 0 unspecified atom stereocenters. The van der Waals surface area contributed by atoms with Crippen LogP contribution in [0.2, 0.25) is 5.02 Å². The van der Waals surface area contributed by atoms with Crippen molar-refractivity contribution >= 4 is 40.4 Å². The summed E-state index contributed by atoms with van der Waals surface area (Å²) in [6.45, 7) is 1.81. The first-order chi connectivity index (χ1) is 9.49. The molecule has 2 aromatic carbocycles. The summed E-state index contributed by atoms with van der Waals surface area (Å²) in [5, 5.41) is 3.38. The molecule has 0 saturated carbocycles. The SMILES string of the molecule is Cc1c(Cl)cccc1C(=O)Nc1ccc(C(N)=S)cc1. The number of hydrogen-bond donors (Lipinski definition) is 2. The quantitative estimate of drug-likeness (QED) is 0.853. The lowest BCUT2D eigenvalue weighted by Gasteiger charge is -2.09. The van der Waals surface area contributed by atoms with Crippen LogP contribution in [0.1, 0.15) is 21.5 Å². The first-order valence-electron chi connectivity index (χ1n) is 5.95. The van der Waals surface area contributed by atoms with Crippen molar-refractivity contribution in [2.45, 2.75) is 6.92 Å². The van der Waals surface area contributed by atoms with E-state index in [0.29, 0.717) is 21.3 Å². The molecule has 0 atom stereocenters. The Balaban J connectivity index is 2.19. The van der Waals surface area contributed by atoms with Crippen LogP contribution < -0.4 is 11.1 Å². The predicted octanol–water partition coefficient (Wildman–Crippen LogP) is 3.53. The Bertz CT molecular complexity index is 668. The minimum atomic E-state index is -0.201. The summed E-state index contributed by atoms with van der Waals surface area (Å²) in [7, 11) is 0. The molecule has 102 valence electrons. The average Bonchev–Trinajstić information content (AvgIpc) is 2.42. The Hall–Kier alpha value is -1.91. The molecule has 20 heavy (non-hydrogen) atoms. The minimum Gasteiger partial charge on any atom is -0.389 e. The molecule has 0 bridgehead atoms. The monoisotopic (exact) mass is 304 g/mol. The lowest BCUT2D eigenvalue weighted by atomic mass is 10.1. The van der Waals surface area contributed by atoms with Gasteiger partial charge in [0.1, 0.15) is 4.99 Å². The summed E-state index contributed by atoms with van der Waals surface area (Å²) in [6.07, 6.45) is 0. The highest BCUT2D eigenvalue weighted by atomic mass is 35.5. The standard InChI is InChI=1S/C15H13ClN2OS/c1-9-12(3-2-4-13(9)16)15(19)18-11-7-5-10(6-8-11)14(17)20/h2-8H,1H3,(H2,17,20)(H,18,19). The van der Waals surface area contributed by atoms with E-state index in [-0.39, 0.29) is 5.91 Å². The number of rotatable bonds is 3. The second-order valence-corrected chi connectivity index (χ2v) is 5.16. The van der Waals surface area contributed by atoms with Crippen LogP contribution in [0.25, 0.3) is 0 Å². The van der Waals surface area contributed by atoms with Gasteiger partial charge in [-0.25, -0.2) is 0 Å². The average molecular weight is 305 g/mol. The Morgan fingerprint density at radius 2 is 1.85 bits per heavy atom. The van der Waals surface area contributed by atoms with Crippen LogP contribution in [-0.2, 0) is 0 Å². The van der Waals surface area contributed by atoms with E-state index in [9.17, 15) is 4.79 Å². The zero-order valence-electron chi connectivity index (χ0n) is 10.8. The van der Waals surface area contributed by atoms with Gasteiger partial charge in [-0.15, -0.1) is 0 Å². The molecule has 5 heteroatoms. The maximum absolute atomic E-state index is 12.2. The molecular formula is C15H13ClN2OS. The van der Waals surface area contributed by atoms with E-state index in [2.05, 4.69) is 5.32 Å². The van der Waals surface area contributed by atoms with Crippen molar-refractivity contribution in [2.24, 2.45) is 5.73 Å². The number of nitrogens with one attached hydrogen (secondary N) is 1. The smallest absolute Gasteiger partial charge is 0.255 e. The first-order valence-corrected chi connectivity index (χ1v) is 6.74. The van der Waals surface area contributed by atoms with E-state index in [1.165, 1.54) is 0 Å². The maximum atomic E-state index is 12.2. The number of carbonyl (C=O) groups excluding carboxylic acids is 1. The van der Waals surface area contributed by atoms with Gasteiger partial charge in [0, 0.05) is 21.8 Å². The van der Waals surface area contributed by atoms with Gasteiger partial charge < -0.3 is 11.1 Å². The summed E-state index contributed by atoms with van der Waals surface area (Å²) >= 11 is 10.9. The van der Waals surface area contributed by atoms with Crippen LogP contribution in [0, 0.1) is 6.92 Å². The second kappa shape index (κ2) is 6.03. The Kier molecular flexibility index (Phi) is 4.37. The number of amides is 1. The number of carbonyl (C=O) groups is 1. The fourth-order valence-corrected chi connectivity index (χ4v) is 2.08. The fraction of sp³-hybridized carbons (Fsp3) is 0.0667. The van der Waals surface area contributed by atoms with Gasteiger partial charge >= 0.3 is 0 Å². The molecule has 0 heterocycles. The van der Waals surface area contributed by atoms with Gasteiger partial charge in [0.2, 0.25) is 0 Å². The Morgan fingerprint density at radius 3 is 2.45 bits per heavy atom. The van der Waals surface area contributed by atoms with Gasteiger partial charge in [0.25, 0.3) is 5.91 Å². The normalized spacial score (nSPS) is 10.1. The summed E-state index contributed by atoms with van der Waals surface area (Å²) < 4.78 is 0. The number of hydrogen-bond acceptors (Lipinski definition) is 2. The molecule has 1 amide bonds. The predicted molar refractivity (Wildman–Crippen MR) is 86.5 cm³/mol. The topological polar surface area (TPSA) is 55.1 Å². The van der Waals surface area contributed by atoms with Crippen molar-refractivity contribution in [3.8, 4) is 0 Å². The summed E-state index contributed by atoms with van der Waals surface area (Å²) in [4.78, 5) is 12.5. The molecule has 0 aliphatic heterocycles. The molecule has 0 aromatic heterocycles. The zero-order chi connectivity index (χ0) is 14.7. The summed E-state index contributed by atoms with van der Waals surface area (Å²) in [5.74, 6) is -0.201. The van der Waals surface area contributed by atoms with Crippen molar-refractivity contribution in [1.29, 1.82) is 0 Å². The molecule has 0 aliphatic rings. The Labute approximate surface area is 127 Å². The molecule has 0 fully saturated rings. The van der Waals surface area contributed by atoms with Crippen molar-refractivity contribution in [3.05, 3.63) is 64.2 Å². The van der Waals surface area contributed by atoms with Gasteiger partial charge in [-0.2, -0.15) is 0 Å². The number of anilines is 1. The maximum Gasteiger partial charge on any atom is 0.255 e. The molecule has 0 aliphatic carbocycles. The molecule has 3 nitrogen and oxygen atoms in total. The third-order valence-electron chi connectivity index (χ3n) is 2.94. The second-order valence-electron chi connectivity index (χ2n) is 4.31. The molecule has 2 rings (SSSR count). The highest BCUT2D eigenvalue weighted by molar-refractivity contribution is 7.80. The number of benzene rings is 2. The Morgan fingerprint density at radius 1 is 1.20 bits per heavy atom. The van der Waals surface area contributed by atoms with Crippen LogP contribution >= 0.6 is 23.8 Å². The van der Waals surface area contributed by atoms with E-state index in [4.69, 9.17) is 29.6 Å². The lowest BCUT2D eigenvalue weighted by Crippen LogP contribution is -2.14.